The number of likely N-dealkylation sites (tertiary alicyclic amines) is 1. The van der Waals surface area contributed by atoms with Crippen LogP contribution in [0.5, 0.6) is 0 Å². The second-order valence-corrected chi connectivity index (χ2v) is 10.4. The fourth-order valence-electron chi connectivity index (χ4n) is 5.04. The number of nitrogens with zero attached hydrogens (tertiary/aromatic N) is 5. The van der Waals surface area contributed by atoms with Crippen molar-refractivity contribution in [2.75, 3.05) is 6.54 Å². The molecule has 188 valence electrons. The molecule has 1 fully saturated rings. The fraction of sp³-hybridized carbons (Fsp3) is 0.407. The van der Waals surface area contributed by atoms with Crippen LogP contribution in [0.1, 0.15) is 51.0 Å². The molecule has 3 aromatic heterocycles. The molecule has 0 aliphatic carbocycles. The predicted molar refractivity (Wildman–Crippen MR) is 136 cm³/mol. The van der Waals surface area contributed by atoms with Gasteiger partial charge in [0.05, 0.1) is 6.04 Å². The van der Waals surface area contributed by atoms with Crippen LogP contribution in [0.25, 0.3) is 16.6 Å². The Kier molecular flexibility index (Phi) is 6.15. The van der Waals surface area contributed by atoms with Gasteiger partial charge in [0.2, 0.25) is 5.91 Å². The fourth-order valence-corrected chi connectivity index (χ4v) is 5.04. The Bertz CT molecular complexity index is 1420. The number of aryl methyl sites for hydroxylation is 1. The van der Waals surface area contributed by atoms with E-state index in [1.807, 2.05) is 75.8 Å². The summed E-state index contributed by atoms with van der Waals surface area (Å²) in [6, 6.07) is 12.8. The van der Waals surface area contributed by atoms with E-state index < -0.39 is 17.7 Å². The lowest BCUT2D eigenvalue weighted by Gasteiger charge is -2.29. The molecule has 0 radical (unpaired) electrons. The van der Waals surface area contributed by atoms with Gasteiger partial charge < -0.3 is 19.5 Å². The summed E-state index contributed by atoms with van der Waals surface area (Å²) in [6.07, 6.45) is 5.32. The van der Waals surface area contributed by atoms with Crippen LogP contribution in [0.4, 0.5) is 4.79 Å². The number of fused-ring (bicyclic) bond motifs is 2. The van der Waals surface area contributed by atoms with Gasteiger partial charge in [0.15, 0.2) is 11.5 Å². The second kappa shape index (κ2) is 9.29. The summed E-state index contributed by atoms with van der Waals surface area (Å²) in [5, 5.41) is 12.6. The van der Waals surface area contributed by atoms with E-state index in [2.05, 4.69) is 15.5 Å². The van der Waals surface area contributed by atoms with Crippen molar-refractivity contribution in [3.63, 3.8) is 0 Å². The van der Waals surface area contributed by atoms with Crippen molar-refractivity contribution in [1.29, 1.82) is 0 Å². The molecule has 1 aliphatic heterocycles. The molecule has 1 aromatic carbocycles. The summed E-state index contributed by atoms with van der Waals surface area (Å²) in [7, 11) is 1.98. The van der Waals surface area contributed by atoms with Crippen molar-refractivity contribution in [1.82, 2.24) is 29.4 Å². The normalized spacial score (nSPS) is 17.0. The molecule has 0 spiro atoms. The lowest BCUT2D eigenvalue weighted by Crippen LogP contribution is -2.50. The minimum Gasteiger partial charge on any atom is -0.444 e. The summed E-state index contributed by atoms with van der Waals surface area (Å²) in [6.45, 7) is 6.01. The number of para-hydroxylation sites is 1. The predicted octanol–water partition coefficient (Wildman–Crippen LogP) is 4.02. The number of benzene rings is 1. The summed E-state index contributed by atoms with van der Waals surface area (Å²) < 4.78 is 9.49. The highest BCUT2D eigenvalue weighted by atomic mass is 16.6. The first-order chi connectivity index (χ1) is 17.2. The van der Waals surface area contributed by atoms with Gasteiger partial charge in [0.25, 0.3) is 0 Å². The van der Waals surface area contributed by atoms with Crippen molar-refractivity contribution < 1.29 is 14.3 Å². The molecule has 0 unspecified atom stereocenters. The van der Waals surface area contributed by atoms with E-state index in [4.69, 9.17) is 4.74 Å². The average molecular weight is 489 g/mol. The van der Waals surface area contributed by atoms with Gasteiger partial charge in [-0.05, 0) is 57.4 Å². The Morgan fingerprint density at radius 2 is 1.92 bits per heavy atom. The molecular formula is C27H32N6O3. The molecule has 5 rings (SSSR count). The Morgan fingerprint density at radius 1 is 1.14 bits per heavy atom. The van der Waals surface area contributed by atoms with E-state index in [9.17, 15) is 9.59 Å². The van der Waals surface area contributed by atoms with Crippen LogP contribution in [-0.2, 0) is 23.0 Å². The number of nitrogens with one attached hydrogen (secondary N) is 1. The highest BCUT2D eigenvalue weighted by Crippen LogP contribution is 2.32. The van der Waals surface area contributed by atoms with Crippen molar-refractivity contribution in [3.05, 3.63) is 66.2 Å². The molecule has 0 saturated carbocycles. The van der Waals surface area contributed by atoms with E-state index in [0.29, 0.717) is 13.0 Å². The van der Waals surface area contributed by atoms with Crippen molar-refractivity contribution in [2.45, 2.75) is 57.7 Å². The zero-order valence-corrected chi connectivity index (χ0v) is 21.1. The van der Waals surface area contributed by atoms with Gasteiger partial charge in [-0.15, -0.1) is 10.2 Å². The number of alkyl carbamates (subject to hydrolysis) is 1. The average Bonchev–Trinajstić information content (AvgIpc) is 3.54. The maximum absolute atomic E-state index is 14.0. The van der Waals surface area contributed by atoms with Gasteiger partial charge in [-0.25, -0.2) is 4.79 Å². The van der Waals surface area contributed by atoms with E-state index in [0.717, 1.165) is 40.8 Å². The molecule has 0 bridgehead atoms. The SMILES string of the molecule is Cn1cc(C[C@H](NC(=O)OC(C)(C)C)C(=O)N2CCC[C@@H]2c2nnc3ccccn23)c2ccccc21. The number of rotatable bonds is 5. The van der Waals surface area contributed by atoms with Crippen LogP contribution in [0.15, 0.2) is 54.9 Å². The second-order valence-electron chi connectivity index (χ2n) is 10.4. The molecular weight excluding hydrogens is 456 g/mol. The third kappa shape index (κ3) is 4.65. The third-order valence-electron chi connectivity index (χ3n) is 6.57. The van der Waals surface area contributed by atoms with E-state index in [-0.39, 0.29) is 11.9 Å². The van der Waals surface area contributed by atoms with Gasteiger partial charge in [0.1, 0.15) is 11.6 Å². The van der Waals surface area contributed by atoms with Gasteiger partial charge in [-0.1, -0.05) is 24.3 Å². The quantitative estimate of drug-likeness (QED) is 0.458. The first-order valence-corrected chi connectivity index (χ1v) is 12.3. The Morgan fingerprint density at radius 3 is 2.72 bits per heavy atom. The molecule has 1 N–H and O–H groups in total. The lowest BCUT2D eigenvalue weighted by atomic mass is 10.0. The summed E-state index contributed by atoms with van der Waals surface area (Å²) in [4.78, 5) is 28.7. The van der Waals surface area contributed by atoms with Crippen LogP contribution < -0.4 is 5.32 Å². The third-order valence-corrected chi connectivity index (χ3v) is 6.57. The van der Waals surface area contributed by atoms with Gasteiger partial charge in [0, 0.05) is 43.3 Å². The molecule has 4 aromatic rings. The Hall–Kier alpha value is -3.88. The molecule has 4 heterocycles. The van der Waals surface area contributed by atoms with Crippen LogP contribution in [-0.4, -0.2) is 54.3 Å². The minimum atomic E-state index is -0.787. The summed E-state index contributed by atoms with van der Waals surface area (Å²) in [5.74, 6) is 0.585. The Labute approximate surface area is 210 Å². The molecule has 1 saturated heterocycles. The zero-order valence-electron chi connectivity index (χ0n) is 21.1. The highest BCUT2D eigenvalue weighted by molar-refractivity contribution is 5.89. The number of carbonyl (C=O) groups is 2. The molecule has 2 atom stereocenters. The number of carbonyl (C=O) groups excluding carboxylic acids is 2. The largest absolute Gasteiger partial charge is 0.444 e. The van der Waals surface area contributed by atoms with Crippen LogP contribution in [0, 0.1) is 0 Å². The van der Waals surface area contributed by atoms with E-state index in [1.54, 1.807) is 20.8 Å². The standard InChI is InChI=1S/C27H32N6O3/c1-27(2,3)36-26(35)28-20(16-18-17-31(4)21-11-6-5-10-19(18)21)25(34)32-15-9-12-22(32)24-30-29-23-13-7-8-14-33(23)24/h5-8,10-11,13-14,17,20,22H,9,12,15-16H2,1-4H3,(H,28,35)/t20-,22+/m0/s1. The van der Waals surface area contributed by atoms with Crippen LogP contribution in [0.2, 0.25) is 0 Å². The number of aromatic nitrogens is 4. The van der Waals surface area contributed by atoms with Gasteiger partial charge in [-0.2, -0.15) is 0 Å². The lowest BCUT2D eigenvalue weighted by molar-refractivity contribution is -0.134. The first-order valence-electron chi connectivity index (χ1n) is 12.3. The molecule has 36 heavy (non-hydrogen) atoms. The minimum absolute atomic E-state index is 0.149. The molecule has 1 aliphatic rings. The first kappa shape index (κ1) is 23.8. The van der Waals surface area contributed by atoms with Crippen LogP contribution >= 0.6 is 0 Å². The number of pyridine rings is 1. The van der Waals surface area contributed by atoms with Crippen molar-refractivity contribution >= 4 is 28.6 Å². The highest BCUT2D eigenvalue weighted by Gasteiger charge is 2.38. The van der Waals surface area contributed by atoms with E-state index >= 15 is 0 Å². The number of amides is 2. The maximum atomic E-state index is 14.0. The molecule has 9 nitrogen and oxygen atoms in total. The zero-order chi connectivity index (χ0) is 25.4. The monoisotopic (exact) mass is 488 g/mol. The van der Waals surface area contributed by atoms with Gasteiger partial charge >= 0.3 is 6.09 Å². The topological polar surface area (TPSA) is 93.8 Å². The van der Waals surface area contributed by atoms with Crippen molar-refractivity contribution in [3.8, 4) is 0 Å². The number of ether oxygens (including phenoxy) is 1. The Balaban J connectivity index is 1.46. The van der Waals surface area contributed by atoms with Crippen molar-refractivity contribution in [2.24, 2.45) is 7.05 Å². The smallest absolute Gasteiger partial charge is 0.408 e. The molecule has 2 amide bonds. The van der Waals surface area contributed by atoms with Gasteiger partial charge in [-0.3, -0.25) is 9.20 Å². The maximum Gasteiger partial charge on any atom is 0.408 e. The summed E-state index contributed by atoms with van der Waals surface area (Å²) >= 11 is 0. The summed E-state index contributed by atoms with van der Waals surface area (Å²) in [5.41, 5.74) is 2.13. The number of hydrogen-bond acceptors (Lipinski definition) is 5. The molecule has 9 heteroatoms. The van der Waals surface area contributed by atoms with E-state index in [1.165, 1.54) is 0 Å². The van der Waals surface area contributed by atoms with Crippen LogP contribution in [0.3, 0.4) is 0 Å². The number of hydrogen-bond donors (Lipinski definition) is 1.